The van der Waals surface area contributed by atoms with Crippen LogP contribution in [-0.4, -0.2) is 25.2 Å². The van der Waals surface area contributed by atoms with Gasteiger partial charge in [0.05, 0.1) is 19.5 Å². The summed E-state index contributed by atoms with van der Waals surface area (Å²) in [5.41, 5.74) is 5.31. The predicted molar refractivity (Wildman–Crippen MR) is 151 cm³/mol. The smallest absolute Gasteiger partial charge is 0.330 e. The van der Waals surface area contributed by atoms with Gasteiger partial charge in [-0.2, -0.15) is 0 Å². The molecule has 0 fully saturated rings. The molecule has 0 heterocycles. The summed E-state index contributed by atoms with van der Waals surface area (Å²) in [7, 11) is 0. The summed E-state index contributed by atoms with van der Waals surface area (Å²) in [5, 5.41) is 0. The molecule has 3 aromatic carbocycles. The number of rotatable bonds is 15. The van der Waals surface area contributed by atoms with Gasteiger partial charge in [-0.3, -0.25) is 0 Å². The highest BCUT2D eigenvalue weighted by molar-refractivity contribution is 5.81. The van der Waals surface area contributed by atoms with E-state index in [9.17, 15) is 9.59 Å². The van der Waals surface area contributed by atoms with Gasteiger partial charge in [0, 0.05) is 29.2 Å². The van der Waals surface area contributed by atoms with Crippen LogP contribution in [0.4, 0.5) is 17.1 Å². The van der Waals surface area contributed by atoms with E-state index >= 15 is 0 Å². The fourth-order valence-electron chi connectivity index (χ4n) is 3.86. The monoisotopic (exact) mass is 511 g/mol. The van der Waals surface area contributed by atoms with E-state index < -0.39 is 11.9 Å². The van der Waals surface area contributed by atoms with Crippen LogP contribution in [0.15, 0.2) is 111 Å². The molecule has 0 atom stereocenters. The van der Waals surface area contributed by atoms with Crippen LogP contribution < -0.4 is 9.64 Å². The van der Waals surface area contributed by atoms with Crippen LogP contribution >= 0.6 is 0 Å². The Labute approximate surface area is 224 Å². The van der Waals surface area contributed by atoms with Gasteiger partial charge in [0.2, 0.25) is 0 Å². The van der Waals surface area contributed by atoms with Gasteiger partial charge in [0.25, 0.3) is 0 Å². The van der Waals surface area contributed by atoms with Crippen molar-refractivity contribution in [2.45, 2.75) is 25.7 Å². The fraction of sp³-hybridized carbons (Fsp3) is 0.188. The van der Waals surface area contributed by atoms with Crippen LogP contribution in [-0.2, 0) is 31.9 Å². The molecule has 6 nitrogen and oxygen atoms in total. The molecule has 0 saturated heterocycles. The third-order valence-electron chi connectivity index (χ3n) is 5.74. The van der Waals surface area contributed by atoms with Crippen molar-refractivity contribution < 1.29 is 23.8 Å². The lowest BCUT2D eigenvalue weighted by atomic mass is 10.1. The largest absolute Gasteiger partial charge is 0.466 e. The van der Waals surface area contributed by atoms with Crippen molar-refractivity contribution in [3.8, 4) is 5.75 Å². The second-order valence-corrected chi connectivity index (χ2v) is 8.40. The number of hydrogen-bond donors (Lipinski definition) is 0. The first-order valence-corrected chi connectivity index (χ1v) is 12.5. The highest BCUT2D eigenvalue weighted by atomic mass is 16.5. The number of carbonyl (C=O) groups is 2. The Morgan fingerprint density at radius 3 is 1.39 bits per heavy atom. The molecule has 0 saturated carbocycles. The molecule has 0 bridgehead atoms. The van der Waals surface area contributed by atoms with Crippen molar-refractivity contribution in [1.29, 1.82) is 0 Å². The molecular weight excluding hydrogens is 478 g/mol. The molecule has 0 aliphatic rings. The number of esters is 2. The summed E-state index contributed by atoms with van der Waals surface area (Å²) in [4.78, 5) is 24.6. The Hall–Kier alpha value is -4.58. The third-order valence-corrected chi connectivity index (χ3v) is 5.74. The minimum Gasteiger partial charge on any atom is -0.466 e. The van der Waals surface area contributed by atoms with E-state index in [4.69, 9.17) is 14.2 Å². The molecule has 0 amide bonds. The molecule has 196 valence electrons. The Kier molecular flexibility index (Phi) is 10.9. The number of aryl methyl sites for hydroxylation is 2. The SMILES string of the molecule is C=COc1ccc(N(c2ccc(CCCOC(=O)C=C)cc2)c2ccc(CCCOC(=O)C=C)cc2)cc1. The standard InChI is InChI=1S/C32H33NO5/c1-4-31(34)37-23-7-9-25-11-15-27(16-12-25)33(29-19-21-30(22-20-29)36-6-3)28-17-13-26(14-18-28)10-8-24-38-32(35)5-2/h4-6,11-22H,1-3,7-10,23-24H2. The van der Waals surface area contributed by atoms with Gasteiger partial charge in [0.1, 0.15) is 5.75 Å². The number of ether oxygens (including phenoxy) is 3. The van der Waals surface area contributed by atoms with Crippen LogP contribution in [0, 0.1) is 0 Å². The van der Waals surface area contributed by atoms with Gasteiger partial charge in [-0.1, -0.05) is 44.0 Å². The third kappa shape index (κ3) is 8.52. The summed E-state index contributed by atoms with van der Waals surface area (Å²) in [5.74, 6) is -0.0889. The molecule has 0 aliphatic carbocycles. The lowest BCUT2D eigenvalue weighted by Crippen LogP contribution is -2.10. The van der Waals surface area contributed by atoms with Gasteiger partial charge in [-0.15, -0.1) is 0 Å². The number of hydrogen-bond acceptors (Lipinski definition) is 6. The maximum Gasteiger partial charge on any atom is 0.330 e. The van der Waals surface area contributed by atoms with Gasteiger partial charge < -0.3 is 19.1 Å². The van der Waals surface area contributed by atoms with E-state index in [1.807, 2.05) is 24.3 Å². The van der Waals surface area contributed by atoms with Crippen molar-refractivity contribution >= 4 is 29.0 Å². The predicted octanol–water partition coefficient (Wildman–Crippen LogP) is 7.00. The Balaban J connectivity index is 1.75. The van der Waals surface area contributed by atoms with E-state index in [2.05, 4.69) is 73.2 Å². The molecule has 0 spiro atoms. The van der Waals surface area contributed by atoms with Crippen molar-refractivity contribution in [1.82, 2.24) is 0 Å². The van der Waals surface area contributed by atoms with Crippen molar-refractivity contribution in [2.24, 2.45) is 0 Å². The summed E-state index contributed by atoms with van der Waals surface area (Å²) in [6, 6.07) is 24.5. The maximum absolute atomic E-state index is 11.2. The zero-order valence-corrected chi connectivity index (χ0v) is 21.5. The van der Waals surface area contributed by atoms with E-state index in [0.717, 1.165) is 53.9 Å². The highest BCUT2D eigenvalue weighted by Gasteiger charge is 2.13. The summed E-state index contributed by atoms with van der Waals surface area (Å²) >= 11 is 0. The first kappa shape index (κ1) is 28.0. The van der Waals surface area contributed by atoms with Crippen molar-refractivity contribution in [2.75, 3.05) is 18.1 Å². The number of carbonyl (C=O) groups excluding carboxylic acids is 2. The minimum atomic E-state index is -0.400. The maximum atomic E-state index is 11.2. The van der Waals surface area contributed by atoms with E-state index in [1.165, 1.54) is 18.4 Å². The number of nitrogens with zero attached hydrogens (tertiary/aromatic N) is 1. The van der Waals surface area contributed by atoms with Gasteiger partial charge in [0.15, 0.2) is 0 Å². The van der Waals surface area contributed by atoms with Crippen LogP contribution in [0.1, 0.15) is 24.0 Å². The van der Waals surface area contributed by atoms with Crippen molar-refractivity contribution in [3.05, 3.63) is 122 Å². The Morgan fingerprint density at radius 1 is 0.632 bits per heavy atom. The average molecular weight is 512 g/mol. The highest BCUT2D eigenvalue weighted by Crippen LogP contribution is 2.35. The second kappa shape index (κ2) is 14.9. The van der Waals surface area contributed by atoms with Gasteiger partial charge >= 0.3 is 11.9 Å². The number of anilines is 3. The molecular formula is C32H33NO5. The van der Waals surface area contributed by atoms with Crippen LogP contribution in [0.3, 0.4) is 0 Å². The van der Waals surface area contributed by atoms with Crippen LogP contribution in [0.25, 0.3) is 0 Å². The van der Waals surface area contributed by atoms with Crippen LogP contribution in [0.5, 0.6) is 5.75 Å². The molecule has 6 heteroatoms. The first-order valence-electron chi connectivity index (χ1n) is 12.5. The molecule has 0 aliphatic heterocycles. The zero-order valence-electron chi connectivity index (χ0n) is 21.5. The quantitative estimate of drug-likeness (QED) is 0.0947. The summed E-state index contributed by atoms with van der Waals surface area (Å²) < 4.78 is 15.5. The van der Waals surface area contributed by atoms with Crippen LogP contribution in [0.2, 0.25) is 0 Å². The normalized spacial score (nSPS) is 10.2. The molecule has 3 aromatic rings. The van der Waals surface area contributed by atoms with E-state index in [0.29, 0.717) is 19.0 Å². The molecule has 0 unspecified atom stereocenters. The Morgan fingerprint density at radius 2 is 1.03 bits per heavy atom. The topological polar surface area (TPSA) is 65.1 Å². The molecule has 0 aromatic heterocycles. The lowest BCUT2D eigenvalue weighted by Gasteiger charge is -2.26. The molecule has 38 heavy (non-hydrogen) atoms. The zero-order chi connectivity index (χ0) is 27.2. The molecule has 0 radical (unpaired) electrons. The average Bonchev–Trinajstić information content (AvgIpc) is 2.95. The van der Waals surface area contributed by atoms with E-state index in [1.54, 1.807) is 0 Å². The minimum absolute atomic E-state index is 0.362. The summed E-state index contributed by atoms with van der Waals surface area (Å²) in [6.07, 6.45) is 6.83. The molecule has 0 N–H and O–H groups in total. The van der Waals surface area contributed by atoms with E-state index in [-0.39, 0.29) is 0 Å². The number of benzene rings is 3. The second-order valence-electron chi connectivity index (χ2n) is 8.40. The Bertz CT molecular complexity index is 1140. The summed E-state index contributed by atoms with van der Waals surface area (Å²) in [6.45, 7) is 11.2. The molecule has 3 rings (SSSR count). The van der Waals surface area contributed by atoms with Gasteiger partial charge in [-0.05, 0) is 85.3 Å². The first-order chi connectivity index (χ1) is 18.5. The van der Waals surface area contributed by atoms with Gasteiger partial charge in [-0.25, -0.2) is 9.59 Å². The lowest BCUT2D eigenvalue weighted by molar-refractivity contribution is -0.138. The van der Waals surface area contributed by atoms with Crippen molar-refractivity contribution in [3.63, 3.8) is 0 Å². The fourth-order valence-corrected chi connectivity index (χ4v) is 3.86.